The molecule has 3 nitrogen and oxygen atoms in total. The van der Waals surface area contributed by atoms with E-state index in [1.54, 1.807) is 18.4 Å². The zero-order valence-electron chi connectivity index (χ0n) is 17.4. The van der Waals surface area contributed by atoms with Gasteiger partial charge in [-0.1, -0.05) is 19.8 Å². The third-order valence-electron chi connectivity index (χ3n) is 5.92. The average Bonchev–Trinajstić information content (AvgIpc) is 3.16. The van der Waals surface area contributed by atoms with Crippen molar-refractivity contribution in [3.63, 3.8) is 0 Å². The molecular weight excluding hydrogens is 416 g/mol. The Labute approximate surface area is 187 Å². The maximum atomic E-state index is 13.7. The molecule has 1 aliphatic carbocycles. The van der Waals surface area contributed by atoms with Gasteiger partial charge in [0.2, 0.25) is 0 Å². The lowest BCUT2D eigenvalue weighted by Gasteiger charge is -2.26. The molecule has 0 saturated heterocycles. The molecule has 2 aromatic carbocycles. The number of ether oxygens (including phenoxy) is 2. The van der Waals surface area contributed by atoms with Crippen molar-refractivity contribution in [2.24, 2.45) is 5.92 Å². The molecule has 2 unspecified atom stereocenters. The topological polar surface area (TPSA) is 35.5 Å². The molecule has 1 heterocycles. The molecule has 0 bridgehead atoms. The van der Waals surface area contributed by atoms with Gasteiger partial charge in [0.1, 0.15) is 18.1 Å². The number of hydrogen-bond donors (Lipinski definition) is 0. The third kappa shape index (κ3) is 4.35. The van der Waals surface area contributed by atoms with E-state index in [0.717, 1.165) is 40.0 Å². The molecule has 1 saturated carbocycles. The number of halogens is 1. The lowest BCUT2D eigenvalue weighted by molar-refractivity contribution is 0.103. The van der Waals surface area contributed by atoms with Crippen LogP contribution in [0, 0.1) is 5.92 Å². The van der Waals surface area contributed by atoms with E-state index in [9.17, 15) is 4.79 Å². The minimum atomic E-state index is 0.0866. The Kier molecular flexibility index (Phi) is 6.64. The van der Waals surface area contributed by atoms with E-state index in [2.05, 4.69) is 13.0 Å². The molecule has 0 spiro atoms. The predicted octanol–water partition coefficient (Wildman–Crippen LogP) is 7.05. The summed E-state index contributed by atoms with van der Waals surface area (Å²) in [5.41, 5.74) is 1.56. The first-order chi connectivity index (χ1) is 14.6. The first-order valence-electron chi connectivity index (χ1n) is 10.5. The Morgan fingerprint density at radius 2 is 1.90 bits per heavy atom. The third-order valence-corrected chi connectivity index (χ3v) is 7.39. The summed E-state index contributed by atoms with van der Waals surface area (Å²) in [4.78, 5) is 14.9. The standard InChI is InChI=1S/C25H27ClO3S/c1-16-4-3-5-18(14-16)25-23(21-11-10-20(28-2)15-22(21)30-25)24(27)17-6-8-19(9-7-17)29-13-12-26/h6-11,15-16,18H,3-5,12-14H2,1-2H3. The van der Waals surface area contributed by atoms with E-state index in [1.807, 2.05) is 36.4 Å². The van der Waals surface area contributed by atoms with Crippen molar-refractivity contribution in [2.45, 2.75) is 38.5 Å². The Bertz CT molecular complexity index is 1020. The molecule has 158 valence electrons. The molecule has 1 aromatic heterocycles. The van der Waals surface area contributed by atoms with Crippen LogP contribution in [-0.4, -0.2) is 25.4 Å². The normalized spacial score (nSPS) is 19.0. The maximum absolute atomic E-state index is 13.7. The number of rotatable bonds is 7. The van der Waals surface area contributed by atoms with E-state index in [-0.39, 0.29) is 5.78 Å². The van der Waals surface area contributed by atoms with Gasteiger partial charge in [0.15, 0.2) is 5.78 Å². The van der Waals surface area contributed by atoms with Gasteiger partial charge in [-0.3, -0.25) is 4.79 Å². The molecule has 1 aliphatic rings. The second kappa shape index (κ2) is 9.40. The zero-order chi connectivity index (χ0) is 21.1. The van der Waals surface area contributed by atoms with Crippen molar-refractivity contribution in [1.29, 1.82) is 0 Å². The van der Waals surface area contributed by atoms with Gasteiger partial charge in [0.25, 0.3) is 0 Å². The quantitative estimate of drug-likeness (QED) is 0.290. The van der Waals surface area contributed by atoms with Gasteiger partial charge in [-0.2, -0.15) is 0 Å². The van der Waals surface area contributed by atoms with Crippen LogP contribution >= 0.6 is 22.9 Å². The van der Waals surface area contributed by atoms with Crippen LogP contribution in [-0.2, 0) is 0 Å². The molecule has 0 amide bonds. The van der Waals surface area contributed by atoms with Crippen molar-refractivity contribution in [3.8, 4) is 11.5 Å². The van der Waals surface area contributed by atoms with Gasteiger partial charge in [0.05, 0.1) is 13.0 Å². The number of alkyl halides is 1. The minimum absolute atomic E-state index is 0.0866. The molecule has 0 aliphatic heterocycles. The number of thiophene rings is 1. The van der Waals surface area contributed by atoms with Gasteiger partial charge in [-0.05, 0) is 67.1 Å². The Balaban J connectivity index is 1.75. The van der Waals surface area contributed by atoms with E-state index < -0.39 is 0 Å². The first kappa shape index (κ1) is 21.2. The molecule has 4 rings (SSSR count). The Hall–Kier alpha value is -2.04. The van der Waals surface area contributed by atoms with Crippen LogP contribution in [0.2, 0.25) is 0 Å². The highest BCUT2D eigenvalue weighted by Gasteiger charge is 2.29. The number of methoxy groups -OCH3 is 1. The van der Waals surface area contributed by atoms with Crippen LogP contribution in [0.15, 0.2) is 42.5 Å². The summed E-state index contributed by atoms with van der Waals surface area (Å²) in [5.74, 6) is 3.23. The van der Waals surface area contributed by atoms with Crippen molar-refractivity contribution in [2.75, 3.05) is 19.6 Å². The van der Waals surface area contributed by atoms with E-state index >= 15 is 0 Å². The molecule has 30 heavy (non-hydrogen) atoms. The van der Waals surface area contributed by atoms with Gasteiger partial charge in [0, 0.05) is 26.1 Å². The van der Waals surface area contributed by atoms with Crippen molar-refractivity contribution < 1.29 is 14.3 Å². The van der Waals surface area contributed by atoms with Crippen LogP contribution in [0.4, 0.5) is 0 Å². The summed E-state index contributed by atoms with van der Waals surface area (Å²) in [7, 11) is 1.68. The van der Waals surface area contributed by atoms with Gasteiger partial charge in [-0.15, -0.1) is 22.9 Å². The van der Waals surface area contributed by atoms with Crippen molar-refractivity contribution in [1.82, 2.24) is 0 Å². The first-order valence-corrected chi connectivity index (χ1v) is 11.9. The molecule has 0 N–H and O–H groups in total. The highest BCUT2D eigenvalue weighted by molar-refractivity contribution is 7.19. The number of carbonyl (C=O) groups is 1. The van der Waals surface area contributed by atoms with Crippen LogP contribution in [0.5, 0.6) is 11.5 Å². The van der Waals surface area contributed by atoms with Gasteiger partial charge < -0.3 is 9.47 Å². The molecular formula is C25H27ClO3S. The van der Waals surface area contributed by atoms with Gasteiger partial charge >= 0.3 is 0 Å². The van der Waals surface area contributed by atoms with E-state index in [1.165, 1.54) is 17.7 Å². The predicted molar refractivity (Wildman–Crippen MR) is 125 cm³/mol. The SMILES string of the molecule is COc1ccc2c(C(=O)c3ccc(OCCCl)cc3)c(C3CCCC(C)C3)sc2c1. The lowest BCUT2D eigenvalue weighted by atomic mass is 9.80. The van der Waals surface area contributed by atoms with Crippen LogP contribution in [0.1, 0.15) is 59.3 Å². The second-order valence-corrected chi connectivity index (χ2v) is 9.52. The van der Waals surface area contributed by atoms with Crippen LogP contribution in [0.25, 0.3) is 10.1 Å². The number of ketones is 1. The monoisotopic (exact) mass is 442 g/mol. The highest BCUT2D eigenvalue weighted by Crippen LogP contribution is 2.45. The lowest BCUT2D eigenvalue weighted by Crippen LogP contribution is -2.13. The van der Waals surface area contributed by atoms with Crippen molar-refractivity contribution in [3.05, 3.63) is 58.5 Å². The van der Waals surface area contributed by atoms with E-state index in [0.29, 0.717) is 29.9 Å². The summed E-state index contributed by atoms with van der Waals surface area (Å²) in [5, 5.41) is 1.03. The van der Waals surface area contributed by atoms with Gasteiger partial charge in [-0.25, -0.2) is 0 Å². The molecule has 2 atom stereocenters. The molecule has 3 aromatic rings. The number of benzene rings is 2. The maximum Gasteiger partial charge on any atom is 0.194 e. The Morgan fingerprint density at radius 3 is 2.60 bits per heavy atom. The fourth-order valence-corrected chi connectivity index (χ4v) is 5.87. The van der Waals surface area contributed by atoms with Crippen LogP contribution in [0.3, 0.4) is 0 Å². The van der Waals surface area contributed by atoms with Crippen molar-refractivity contribution >= 4 is 38.8 Å². The average molecular weight is 443 g/mol. The minimum Gasteiger partial charge on any atom is -0.497 e. The number of carbonyl (C=O) groups excluding carboxylic acids is 1. The largest absolute Gasteiger partial charge is 0.497 e. The van der Waals surface area contributed by atoms with Crippen LogP contribution < -0.4 is 9.47 Å². The smallest absolute Gasteiger partial charge is 0.194 e. The Morgan fingerprint density at radius 1 is 1.13 bits per heavy atom. The highest BCUT2D eigenvalue weighted by atomic mass is 35.5. The summed E-state index contributed by atoms with van der Waals surface area (Å²) < 4.78 is 12.1. The molecule has 0 radical (unpaired) electrons. The summed E-state index contributed by atoms with van der Waals surface area (Å²) in [6, 6.07) is 13.4. The summed E-state index contributed by atoms with van der Waals surface area (Å²) in [6.07, 6.45) is 4.81. The summed E-state index contributed by atoms with van der Waals surface area (Å²) in [6.45, 7) is 2.78. The second-order valence-electron chi connectivity index (χ2n) is 8.06. The van der Waals surface area contributed by atoms with E-state index in [4.69, 9.17) is 21.1 Å². The summed E-state index contributed by atoms with van der Waals surface area (Å²) >= 11 is 7.45. The fraction of sp³-hybridized carbons (Fsp3) is 0.400. The fourth-order valence-electron chi connectivity index (χ4n) is 4.42. The molecule has 5 heteroatoms. The molecule has 1 fully saturated rings. The zero-order valence-corrected chi connectivity index (χ0v) is 19.0. The number of fused-ring (bicyclic) bond motifs is 1. The number of hydrogen-bond acceptors (Lipinski definition) is 4.